The van der Waals surface area contributed by atoms with Gasteiger partial charge in [-0.1, -0.05) is 12.1 Å². The van der Waals surface area contributed by atoms with Gasteiger partial charge < -0.3 is 9.64 Å². The van der Waals surface area contributed by atoms with Crippen LogP contribution in [-0.2, 0) is 16.6 Å². The molecule has 1 fully saturated rings. The lowest BCUT2D eigenvalue weighted by atomic mass is 9.96. The molecule has 8 nitrogen and oxygen atoms in total. The molecule has 0 spiro atoms. The fourth-order valence-electron chi connectivity index (χ4n) is 4.32. The highest BCUT2D eigenvalue weighted by Crippen LogP contribution is 2.30. The highest BCUT2D eigenvalue weighted by Gasteiger charge is 2.33. The van der Waals surface area contributed by atoms with E-state index in [0.29, 0.717) is 53.6 Å². The van der Waals surface area contributed by atoms with E-state index < -0.39 is 10.0 Å². The zero-order chi connectivity index (χ0) is 21.6. The Labute approximate surface area is 179 Å². The van der Waals surface area contributed by atoms with Crippen LogP contribution in [0.4, 0.5) is 0 Å². The molecule has 0 amide bonds. The monoisotopic (exact) mass is 438 g/mol. The van der Waals surface area contributed by atoms with E-state index in [4.69, 9.17) is 4.74 Å². The molecule has 1 aromatic heterocycles. The van der Waals surface area contributed by atoms with Crippen LogP contribution in [0.5, 0.6) is 5.75 Å². The predicted octanol–water partition coefficient (Wildman–Crippen LogP) is 2.27. The maximum Gasteiger partial charge on any atom is 0.285 e. The van der Waals surface area contributed by atoms with E-state index in [1.807, 2.05) is 11.0 Å². The standard InChI is InChI=1S/C22H22N4O4S/c1-30-16-6-7-17-19(12-16)23-14-26(22(17)27)13-15-8-10-25(11-9-15)21-18-4-2-3-5-20(18)31(28,29)24-21/h2-7,12,14-15H,8-11,13H2,1H3. The quantitative estimate of drug-likeness (QED) is 0.623. The van der Waals surface area contributed by atoms with Crippen molar-refractivity contribution in [3.8, 4) is 5.75 Å². The maximum absolute atomic E-state index is 12.9. The summed E-state index contributed by atoms with van der Waals surface area (Å²) in [6.07, 6.45) is 3.28. The summed E-state index contributed by atoms with van der Waals surface area (Å²) in [5, 5.41) is 0.572. The number of hydrogen-bond donors (Lipinski definition) is 0. The van der Waals surface area contributed by atoms with Gasteiger partial charge in [0.1, 0.15) is 10.6 Å². The molecule has 0 bridgehead atoms. The van der Waals surface area contributed by atoms with Crippen molar-refractivity contribution in [2.45, 2.75) is 24.3 Å². The van der Waals surface area contributed by atoms with Crippen molar-refractivity contribution in [1.82, 2.24) is 14.5 Å². The average molecular weight is 439 g/mol. The summed E-state index contributed by atoms with van der Waals surface area (Å²) in [4.78, 5) is 19.6. The van der Waals surface area contributed by atoms with E-state index in [1.165, 1.54) is 0 Å². The van der Waals surface area contributed by atoms with Gasteiger partial charge in [-0.05, 0) is 43.0 Å². The molecule has 5 rings (SSSR count). The molecular weight excluding hydrogens is 416 g/mol. The molecule has 9 heteroatoms. The number of sulfonamides is 1. The lowest BCUT2D eigenvalue weighted by molar-refractivity contribution is 0.244. The largest absolute Gasteiger partial charge is 0.497 e. The molecule has 3 heterocycles. The fraction of sp³-hybridized carbons (Fsp3) is 0.318. The molecule has 31 heavy (non-hydrogen) atoms. The highest BCUT2D eigenvalue weighted by molar-refractivity contribution is 7.90. The maximum atomic E-state index is 12.9. The first-order valence-electron chi connectivity index (χ1n) is 10.2. The van der Waals surface area contributed by atoms with Crippen LogP contribution in [0.2, 0.25) is 0 Å². The Bertz CT molecular complexity index is 1360. The second-order valence-corrected chi connectivity index (χ2v) is 9.47. The SMILES string of the molecule is COc1ccc2c(=O)n(CC3CCN(C4=NS(=O)(=O)c5ccccc54)CC3)cnc2c1. The summed E-state index contributed by atoms with van der Waals surface area (Å²) in [5.74, 6) is 1.51. The van der Waals surface area contributed by atoms with Crippen molar-refractivity contribution in [1.29, 1.82) is 0 Å². The molecule has 0 saturated carbocycles. The normalized spacial score (nSPS) is 18.1. The Morgan fingerprint density at radius 3 is 2.68 bits per heavy atom. The molecule has 2 aliphatic rings. The summed E-state index contributed by atoms with van der Waals surface area (Å²) < 4.78 is 35.6. The van der Waals surface area contributed by atoms with E-state index in [2.05, 4.69) is 9.38 Å². The summed E-state index contributed by atoms with van der Waals surface area (Å²) >= 11 is 0. The van der Waals surface area contributed by atoms with E-state index in [0.717, 1.165) is 12.8 Å². The third-order valence-electron chi connectivity index (χ3n) is 6.01. The van der Waals surface area contributed by atoms with Crippen molar-refractivity contribution in [2.24, 2.45) is 10.3 Å². The molecule has 3 aromatic rings. The average Bonchev–Trinajstić information content (AvgIpc) is 3.07. The van der Waals surface area contributed by atoms with Crippen molar-refractivity contribution in [2.75, 3.05) is 20.2 Å². The van der Waals surface area contributed by atoms with Crippen molar-refractivity contribution >= 4 is 26.8 Å². The second-order valence-electron chi connectivity index (χ2n) is 7.90. The van der Waals surface area contributed by atoms with Gasteiger partial charge in [0.05, 0.1) is 24.3 Å². The zero-order valence-corrected chi connectivity index (χ0v) is 17.9. The molecule has 1 saturated heterocycles. The van der Waals surface area contributed by atoms with Crippen LogP contribution in [0.15, 0.2) is 62.9 Å². The lowest BCUT2D eigenvalue weighted by Gasteiger charge is -2.33. The smallest absolute Gasteiger partial charge is 0.285 e. The number of nitrogens with zero attached hydrogens (tertiary/aromatic N) is 4. The van der Waals surface area contributed by atoms with E-state index >= 15 is 0 Å². The second kappa shape index (κ2) is 7.49. The number of rotatable bonds is 3. The van der Waals surface area contributed by atoms with Crippen LogP contribution in [0.3, 0.4) is 0 Å². The predicted molar refractivity (Wildman–Crippen MR) is 117 cm³/mol. The number of ether oxygens (including phenoxy) is 1. The van der Waals surface area contributed by atoms with Crippen molar-refractivity contribution < 1.29 is 13.2 Å². The van der Waals surface area contributed by atoms with Crippen molar-refractivity contribution in [3.05, 3.63) is 64.7 Å². The van der Waals surface area contributed by atoms with Crippen LogP contribution in [-0.4, -0.2) is 48.9 Å². The van der Waals surface area contributed by atoms with Gasteiger partial charge in [-0.2, -0.15) is 8.42 Å². The third-order valence-corrected chi connectivity index (χ3v) is 7.34. The minimum Gasteiger partial charge on any atom is -0.497 e. The number of methoxy groups -OCH3 is 1. The van der Waals surface area contributed by atoms with Gasteiger partial charge in [-0.3, -0.25) is 9.36 Å². The number of aromatic nitrogens is 2. The minimum absolute atomic E-state index is 0.0599. The van der Waals surface area contributed by atoms with Gasteiger partial charge in [0.25, 0.3) is 15.6 Å². The lowest BCUT2D eigenvalue weighted by Crippen LogP contribution is -2.40. The summed E-state index contributed by atoms with van der Waals surface area (Å²) in [6.45, 7) is 1.98. The molecule has 160 valence electrons. The molecular formula is C22H22N4O4S. The summed E-state index contributed by atoms with van der Waals surface area (Å²) in [5.41, 5.74) is 1.23. The van der Waals surface area contributed by atoms with Gasteiger partial charge in [0.15, 0.2) is 5.84 Å². The van der Waals surface area contributed by atoms with Crippen molar-refractivity contribution in [3.63, 3.8) is 0 Å². The Balaban J connectivity index is 1.31. The number of piperidine rings is 1. The van der Waals surface area contributed by atoms with Gasteiger partial charge in [0, 0.05) is 31.3 Å². The molecule has 0 aliphatic carbocycles. The van der Waals surface area contributed by atoms with E-state index in [9.17, 15) is 13.2 Å². The number of hydrogen-bond acceptors (Lipinski definition) is 6. The van der Waals surface area contributed by atoms with Crippen LogP contribution in [0.25, 0.3) is 10.9 Å². The molecule has 0 unspecified atom stereocenters. The first-order chi connectivity index (χ1) is 15.0. The minimum atomic E-state index is -3.61. The summed E-state index contributed by atoms with van der Waals surface area (Å²) in [7, 11) is -2.03. The number of benzene rings is 2. The number of likely N-dealkylation sites (tertiary alicyclic amines) is 1. The molecule has 0 radical (unpaired) electrons. The molecule has 2 aromatic carbocycles. The first-order valence-corrected chi connectivity index (χ1v) is 11.6. The topological polar surface area (TPSA) is 93.9 Å². The van der Waals surface area contributed by atoms with Gasteiger partial charge >= 0.3 is 0 Å². The van der Waals surface area contributed by atoms with E-state index in [1.54, 1.807) is 54.4 Å². The van der Waals surface area contributed by atoms with Gasteiger partial charge in [-0.15, -0.1) is 4.40 Å². The highest BCUT2D eigenvalue weighted by atomic mass is 32.2. The van der Waals surface area contributed by atoms with E-state index in [-0.39, 0.29) is 10.5 Å². The number of amidine groups is 1. The van der Waals surface area contributed by atoms with Gasteiger partial charge in [0.2, 0.25) is 0 Å². The summed E-state index contributed by atoms with van der Waals surface area (Å²) in [6, 6.07) is 12.2. The van der Waals surface area contributed by atoms with Crippen LogP contribution in [0.1, 0.15) is 18.4 Å². The van der Waals surface area contributed by atoms with Crippen LogP contribution < -0.4 is 10.3 Å². The van der Waals surface area contributed by atoms with Gasteiger partial charge in [-0.25, -0.2) is 4.98 Å². The zero-order valence-electron chi connectivity index (χ0n) is 17.1. The van der Waals surface area contributed by atoms with Crippen LogP contribution >= 0.6 is 0 Å². The Kier molecular flexibility index (Phi) is 4.77. The third kappa shape index (κ3) is 3.48. The molecule has 2 aliphatic heterocycles. The Morgan fingerprint density at radius 2 is 1.90 bits per heavy atom. The fourth-order valence-corrected chi connectivity index (χ4v) is 5.54. The Morgan fingerprint density at radius 1 is 1.13 bits per heavy atom. The van der Waals surface area contributed by atoms with Crippen LogP contribution in [0, 0.1) is 5.92 Å². The first kappa shape index (κ1) is 19.7. The molecule has 0 N–H and O–H groups in total. The number of fused-ring (bicyclic) bond motifs is 2. The molecule has 0 atom stereocenters. The Hall–Kier alpha value is -3.20.